The highest BCUT2D eigenvalue weighted by molar-refractivity contribution is 5.81. The molecule has 0 aromatic heterocycles. The highest BCUT2D eigenvalue weighted by Crippen LogP contribution is 2.21. The maximum atomic E-state index is 12.5. The predicted molar refractivity (Wildman–Crippen MR) is 103 cm³/mol. The third-order valence-corrected chi connectivity index (χ3v) is 3.64. The fraction of sp³-hybridized carbons (Fsp3) is 0.789. The van der Waals surface area contributed by atoms with Gasteiger partial charge >= 0.3 is 24.0 Å². The first-order chi connectivity index (χ1) is 14.1. The molecule has 0 radical (unpaired) electrons. The predicted octanol–water partition coefficient (Wildman–Crippen LogP) is 0.564. The minimum atomic E-state index is -1.50. The summed E-state index contributed by atoms with van der Waals surface area (Å²) >= 11 is 0. The van der Waals surface area contributed by atoms with Crippen molar-refractivity contribution in [3.63, 3.8) is 0 Å². The first-order valence-electron chi connectivity index (χ1n) is 9.78. The van der Waals surface area contributed by atoms with Crippen molar-refractivity contribution in [1.82, 2.24) is 5.32 Å². The molecule has 11 heteroatoms. The maximum absolute atomic E-state index is 12.5. The molecule has 0 aromatic carbocycles. The molecule has 0 heterocycles. The molecule has 0 aliphatic heterocycles. The molecule has 0 saturated carbocycles. The Hall–Kier alpha value is -2.40. The second kappa shape index (κ2) is 14.6. The van der Waals surface area contributed by atoms with Crippen molar-refractivity contribution in [1.29, 1.82) is 0 Å². The minimum absolute atomic E-state index is 0.0219. The largest absolute Gasteiger partial charge is 0.463 e. The summed E-state index contributed by atoms with van der Waals surface area (Å²) in [4.78, 5) is 47.5. The Morgan fingerprint density at radius 3 is 2.13 bits per heavy atom. The Labute approximate surface area is 176 Å². The van der Waals surface area contributed by atoms with Crippen molar-refractivity contribution < 1.29 is 48.0 Å². The van der Waals surface area contributed by atoms with Crippen molar-refractivity contribution >= 4 is 24.0 Å². The number of carbonyl (C=O) groups is 4. The molecule has 0 aliphatic carbocycles. The number of amides is 1. The van der Waals surface area contributed by atoms with Crippen molar-refractivity contribution in [2.24, 2.45) is 5.41 Å². The summed E-state index contributed by atoms with van der Waals surface area (Å²) in [7, 11) is 0. The molecular formula is C19H33NO10. The first kappa shape index (κ1) is 27.6. The van der Waals surface area contributed by atoms with E-state index < -0.39 is 54.8 Å². The second-order valence-electron chi connectivity index (χ2n) is 6.78. The average Bonchev–Trinajstić information content (AvgIpc) is 2.70. The number of hydrogen-bond donors (Lipinski definition) is 2. The van der Waals surface area contributed by atoms with Crippen LogP contribution in [0, 0.1) is 5.41 Å². The lowest BCUT2D eigenvalue weighted by Gasteiger charge is -2.27. The van der Waals surface area contributed by atoms with E-state index in [1.54, 1.807) is 6.92 Å². The van der Waals surface area contributed by atoms with Gasteiger partial charge in [-0.05, 0) is 34.1 Å². The molecule has 30 heavy (non-hydrogen) atoms. The van der Waals surface area contributed by atoms with Crippen molar-refractivity contribution in [2.75, 3.05) is 39.6 Å². The Kier molecular flexibility index (Phi) is 13.4. The Morgan fingerprint density at radius 2 is 1.57 bits per heavy atom. The quantitative estimate of drug-likeness (QED) is 0.225. The topological polar surface area (TPSA) is 147 Å². The van der Waals surface area contributed by atoms with E-state index in [0.717, 1.165) is 6.42 Å². The number of alkyl carbamates (subject to hydrolysis) is 1. The molecule has 174 valence electrons. The number of ether oxygens (including phenoxy) is 5. The average molecular weight is 435 g/mol. The van der Waals surface area contributed by atoms with Crippen LogP contribution in [0.15, 0.2) is 0 Å². The first-order valence-corrected chi connectivity index (χ1v) is 9.78. The summed E-state index contributed by atoms with van der Waals surface area (Å²) in [5, 5.41) is 11.5. The van der Waals surface area contributed by atoms with Crippen LogP contribution in [0.3, 0.4) is 0 Å². The van der Waals surface area contributed by atoms with Gasteiger partial charge in [0.05, 0.1) is 6.61 Å². The molecule has 0 aliphatic rings. The standard InChI is InChI=1S/C19H33NO10/c1-6-8-26-9-10-27-17(24)19(5,12-29-18(25)20-7-2)11-28-16(23)14(4)30-15(22)13(3)21/h13-14,21H,6-12H2,1-5H3,(H,20,25). The van der Waals surface area contributed by atoms with Gasteiger partial charge in [-0.25, -0.2) is 14.4 Å². The number of nitrogens with one attached hydrogen (secondary N) is 1. The molecule has 3 unspecified atom stereocenters. The van der Waals surface area contributed by atoms with Gasteiger partial charge in [0, 0.05) is 13.2 Å². The van der Waals surface area contributed by atoms with E-state index in [9.17, 15) is 19.2 Å². The van der Waals surface area contributed by atoms with E-state index in [1.807, 2.05) is 6.92 Å². The van der Waals surface area contributed by atoms with E-state index in [-0.39, 0.29) is 13.2 Å². The van der Waals surface area contributed by atoms with E-state index in [2.05, 4.69) is 5.32 Å². The van der Waals surface area contributed by atoms with Gasteiger partial charge in [-0.15, -0.1) is 0 Å². The van der Waals surface area contributed by atoms with Gasteiger partial charge in [-0.1, -0.05) is 6.92 Å². The molecule has 0 bridgehead atoms. The molecule has 0 rings (SSSR count). The Balaban J connectivity index is 4.92. The Morgan fingerprint density at radius 1 is 0.933 bits per heavy atom. The zero-order chi connectivity index (χ0) is 23.2. The molecular weight excluding hydrogens is 402 g/mol. The molecule has 0 saturated heterocycles. The van der Waals surface area contributed by atoms with E-state index in [0.29, 0.717) is 13.2 Å². The van der Waals surface area contributed by atoms with Gasteiger partial charge in [0.2, 0.25) is 0 Å². The van der Waals surface area contributed by atoms with E-state index in [4.69, 9.17) is 28.8 Å². The third kappa shape index (κ3) is 11.0. The monoisotopic (exact) mass is 435 g/mol. The lowest BCUT2D eigenvalue weighted by Crippen LogP contribution is -2.43. The van der Waals surface area contributed by atoms with Gasteiger partial charge in [0.1, 0.15) is 31.3 Å². The van der Waals surface area contributed by atoms with Crippen LogP contribution >= 0.6 is 0 Å². The van der Waals surface area contributed by atoms with Gasteiger partial charge in [0.25, 0.3) is 0 Å². The fourth-order valence-corrected chi connectivity index (χ4v) is 1.86. The van der Waals surface area contributed by atoms with Crippen LogP contribution in [0.25, 0.3) is 0 Å². The molecule has 0 aromatic rings. The smallest absolute Gasteiger partial charge is 0.407 e. The number of aliphatic hydroxyl groups is 1. The zero-order valence-corrected chi connectivity index (χ0v) is 18.2. The van der Waals surface area contributed by atoms with Gasteiger partial charge in [-0.2, -0.15) is 0 Å². The molecule has 3 atom stereocenters. The molecule has 11 nitrogen and oxygen atoms in total. The number of esters is 3. The summed E-state index contributed by atoms with van der Waals surface area (Å²) in [5.74, 6) is -2.69. The lowest BCUT2D eigenvalue weighted by atomic mass is 9.93. The summed E-state index contributed by atoms with van der Waals surface area (Å²) in [5.41, 5.74) is -1.50. The maximum Gasteiger partial charge on any atom is 0.407 e. The van der Waals surface area contributed by atoms with Gasteiger partial charge < -0.3 is 34.1 Å². The molecule has 0 spiro atoms. The van der Waals surface area contributed by atoms with Crippen molar-refractivity contribution in [3.05, 3.63) is 0 Å². The van der Waals surface area contributed by atoms with E-state index in [1.165, 1.54) is 20.8 Å². The van der Waals surface area contributed by atoms with Crippen molar-refractivity contribution in [2.45, 2.75) is 53.2 Å². The molecule has 2 N–H and O–H groups in total. The summed E-state index contributed by atoms with van der Waals surface area (Å²) in [6, 6.07) is 0. The van der Waals surface area contributed by atoms with Gasteiger partial charge in [-0.3, -0.25) is 4.79 Å². The number of carbonyl (C=O) groups excluding carboxylic acids is 4. The zero-order valence-electron chi connectivity index (χ0n) is 18.2. The van der Waals surface area contributed by atoms with Crippen LogP contribution in [0.4, 0.5) is 4.79 Å². The summed E-state index contributed by atoms with van der Waals surface area (Å²) in [6.07, 6.45) is -2.63. The SMILES string of the molecule is CCCOCCOC(=O)C(C)(COC(=O)NCC)COC(=O)C(C)OC(=O)C(C)O. The fourth-order valence-electron chi connectivity index (χ4n) is 1.86. The normalized spacial score (nSPS) is 14.6. The number of rotatable bonds is 14. The van der Waals surface area contributed by atoms with Crippen molar-refractivity contribution in [3.8, 4) is 0 Å². The van der Waals surface area contributed by atoms with Gasteiger partial charge in [0.15, 0.2) is 6.10 Å². The minimum Gasteiger partial charge on any atom is -0.463 e. The highest BCUT2D eigenvalue weighted by atomic mass is 16.6. The second-order valence-corrected chi connectivity index (χ2v) is 6.78. The van der Waals surface area contributed by atoms with Crippen LogP contribution in [-0.4, -0.2) is 80.9 Å². The van der Waals surface area contributed by atoms with Crippen LogP contribution < -0.4 is 5.32 Å². The van der Waals surface area contributed by atoms with Crippen LogP contribution in [0.5, 0.6) is 0 Å². The third-order valence-electron chi connectivity index (χ3n) is 3.64. The highest BCUT2D eigenvalue weighted by Gasteiger charge is 2.39. The molecule has 0 fully saturated rings. The lowest BCUT2D eigenvalue weighted by molar-refractivity contribution is -0.177. The number of hydrogen-bond acceptors (Lipinski definition) is 10. The van der Waals surface area contributed by atoms with Crippen LogP contribution in [-0.2, 0) is 38.1 Å². The molecule has 1 amide bonds. The van der Waals surface area contributed by atoms with Crippen LogP contribution in [0.1, 0.15) is 41.0 Å². The summed E-state index contributed by atoms with van der Waals surface area (Å²) < 4.78 is 25.2. The number of aliphatic hydroxyl groups excluding tert-OH is 1. The summed E-state index contributed by atoms with van der Waals surface area (Å²) in [6.45, 7) is 7.61. The van der Waals surface area contributed by atoms with E-state index >= 15 is 0 Å². The van der Waals surface area contributed by atoms with Crippen LogP contribution in [0.2, 0.25) is 0 Å². The Bertz CT molecular complexity index is 566.